The van der Waals surface area contributed by atoms with Crippen LogP contribution in [0.4, 0.5) is 0 Å². The number of carboxylic acid groups (broad SMARTS) is 1. The van der Waals surface area contributed by atoms with Gasteiger partial charge in [0.2, 0.25) is 5.91 Å². The molecule has 0 atom stereocenters. The molecule has 2 N–H and O–H groups in total. The smallest absolute Gasteiger partial charge is 0.322 e. The van der Waals surface area contributed by atoms with Crippen LogP contribution in [0, 0.1) is 5.92 Å². The Morgan fingerprint density at radius 2 is 1.81 bits per heavy atom. The average Bonchev–Trinajstić information content (AvgIpc) is 2.69. The van der Waals surface area contributed by atoms with Crippen molar-refractivity contribution in [3.05, 3.63) is 35.4 Å². The normalized spacial score (nSPS) is 14.5. The highest BCUT2D eigenvalue weighted by Crippen LogP contribution is 2.26. The number of hydrogen-bond donors (Lipinski definition) is 2. The van der Waals surface area contributed by atoms with Gasteiger partial charge < -0.3 is 10.4 Å². The van der Waals surface area contributed by atoms with Crippen LogP contribution in [0.2, 0.25) is 0 Å². The van der Waals surface area contributed by atoms with E-state index >= 15 is 0 Å². The molecule has 84 valence electrons. The number of aliphatic carboxylic acids is 1. The largest absolute Gasteiger partial charge is 0.480 e. The first-order chi connectivity index (χ1) is 7.66. The lowest BCUT2D eigenvalue weighted by Crippen LogP contribution is -2.34. The van der Waals surface area contributed by atoms with Crippen molar-refractivity contribution in [3.63, 3.8) is 0 Å². The number of carboxylic acids is 1. The summed E-state index contributed by atoms with van der Waals surface area (Å²) in [6.45, 7) is -0.300. The van der Waals surface area contributed by atoms with Crippen LogP contribution in [-0.4, -0.2) is 23.5 Å². The molecule has 0 aliphatic heterocycles. The number of benzene rings is 1. The Bertz CT molecular complexity index is 403. The molecular formula is C12H13NO3. The molecule has 0 radical (unpaired) electrons. The van der Waals surface area contributed by atoms with Crippen molar-refractivity contribution in [3.8, 4) is 0 Å². The Labute approximate surface area is 93.3 Å². The Kier molecular flexibility index (Phi) is 2.90. The number of carbonyl (C=O) groups excluding carboxylic acids is 1. The monoisotopic (exact) mass is 219 g/mol. The third kappa shape index (κ3) is 2.21. The van der Waals surface area contributed by atoms with Gasteiger partial charge in [-0.05, 0) is 24.0 Å². The fourth-order valence-electron chi connectivity index (χ4n) is 2.05. The van der Waals surface area contributed by atoms with Crippen molar-refractivity contribution >= 4 is 11.9 Å². The molecule has 1 aromatic rings. The predicted octanol–water partition coefficient (Wildman–Crippen LogP) is 0.602. The van der Waals surface area contributed by atoms with E-state index in [2.05, 4.69) is 5.32 Å². The van der Waals surface area contributed by atoms with Crippen molar-refractivity contribution in [2.45, 2.75) is 12.8 Å². The number of carbonyl (C=O) groups is 2. The van der Waals surface area contributed by atoms with Crippen LogP contribution >= 0.6 is 0 Å². The molecule has 1 aromatic carbocycles. The average molecular weight is 219 g/mol. The van der Waals surface area contributed by atoms with Gasteiger partial charge in [-0.1, -0.05) is 24.3 Å². The second-order valence-corrected chi connectivity index (χ2v) is 3.99. The molecule has 4 heteroatoms. The van der Waals surface area contributed by atoms with Gasteiger partial charge >= 0.3 is 5.97 Å². The summed E-state index contributed by atoms with van der Waals surface area (Å²) in [5, 5.41) is 10.9. The second kappa shape index (κ2) is 4.35. The van der Waals surface area contributed by atoms with Crippen molar-refractivity contribution in [2.24, 2.45) is 5.92 Å². The molecule has 0 fully saturated rings. The minimum Gasteiger partial charge on any atom is -0.480 e. The zero-order chi connectivity index (χ0) is 11.5. The van der Waals surface area contributed by atoms with Gasteiger partial charge in [0.05, 0.1) is 0 Å². The van der Waals surface area contributed by atoms with Crippen molar-refractivity contribution in [2.75, 3.05) is 6.54 Å². The van der Waals surface area contributed by atoms with Crippen molar-refractivity contribution in [1.82, 2.24) is 5.32 Å². The molecule has 0 spiro atoms. The Hall–Kier alpha value is -1.84. The molecule has 0 aromatic heterocycles. The molecule has 0 heterocycles. The minimum absolute atomic E-state index is 0.114. The van der Waals surface area contributed by atoms with E-state index in [1.807, 2.05) is 24.3 Å². The summed E-state index contributed by atoms with van der Waals surface area (Å²) in [6, 6.07) is 7.94. The van der Waals surface area contributed by atoms with E-state index < -0.39 is 5.97 Å². The Morgan fingerprint density at radius 1 is 1.25 bits per heavy atom. The molecule has 1 aliphatic rings. The number of hydrogen-bond acceptors (Lipinski definition) is 2. The summed E-state index contributed by atoms with van der Waals surface area (Å²) >= 11 is 0. The van der Waals surface area contributed by atoms with Crippen LogP contribution in [0.5, 0.6) is 0 Å². The number of fused-ring (bicyclic) bond motifs is 1. The van der Waals surface area contributed by atoms with Gasteiger partial charge in [0.25, 0.3) is 0 Å². The quantitative estimate of drug-likeness (QED) is 0.782. The molecule has 0 unspecified atom stereocenters. The third-order valence-electron chi connectivity index (χ3n) is 2.84. The maximum atomic E-state index is 11.6. The van der Waals surface area contributed by atoms with E-state index in [4.69, 9.17) is 5.11 Å². The predicted molar refractivity (Wildman–Crippen MR) is 58.0 cm³/mol. The summed E-state index contributed by atoms with van der Waals surface area (Å²) in [5.74, 6) is -1.29. The van der Waals surface area contributed by atoms with Crippen LogP contribution in [0.3, 0.4) is 0 Å². The fraction of sp³-hybridized carbons (Fsp3) is 0.333. The number of nitrogens with one attached hydrogen (secondary N) is 1. The molecule has 2 rings (SSSR count). The fourth-order valence-corrected chi connectivity index (χ4v) is 2.05. The molecule has 0 saturated heterocycles. The summed E-state index contributed by atoms with van der Waals surface area (Å²) in [4.78, 5) is 22.0. The molecular weight excluding hydrogens is 206 g/mol. The lowest BCUT2D eigenvalue weighted by Gasteiger charge is -2.08. The Morgan fingerprint density at radius 3 is 2.31 bits per heavy atom. The van der Waals surface area contributed by atoms with Gasteiger partial charge in [-0.2, -0.15) is 0 Å². The highest BCUT2D eigenvalue weighted by Gasteiger charge is 2.26. The van der Waals surface area contributed by atoms with E-state index in [0.717, 1.165) is 0 Å². The van der Waals surface area contributed by atoms with E-state index in [0.29, 0.717) is 12.8 Å². The van der Waals surface area contributed by atoms with Crippen LogP contribution in [0.25, 0.3) is 0 Å². The second-order valence-electron chi connectivity index (χ2n) is 3.99. The molecule has 1 amide bonds. The first kappa shape index (κ1) is 10.7. The zero-order valence-corrected chi connectivity index (χ0v) is 8.77. The lowest BCUT2D eigenvalue weighted by molar-refractivity contribution is -0.138. The summed E-state index contributed by atoms with van der Waals surface area (Å²) in [6.07, 6.45) is 1.42. The van der Waals surface area contributed by atoms with Crippen LogP contribution in [0.1, 0.15) is 11.1 Å². The number of rotatable bonds is 3. The van der Waals surface area contributed by atoms with Gasteiger partial charge in [-0.25, -0.2) is 0 Å². The zero-order valence-electron chi connectivity index (χ0n) is 8.77. The van der Waals surface area contributed by atoms with E-state index in [-0.39, 0.29) is 18.4 Å². The summed E-state index contributed by atoms with van der Waals surface area (Å²) in [5.41, 5.74) is 2.39. The van der Waals surface area contributed by atoms with Gasteiger partial charge in [-0.3, -0.25) is 9.59 Å². The van der Waals surface area contributed by atoms with Crippen LogP contribution in [-0.2, 0) is 22.4 Å². The lowest BCUT2D eigenvalue weighted by atomic mass is 10.1. The maximum absolute atomic E-state index is 11.6. The van der Waals surface area contributed by atoms with Gasteiger partial charge in [0.1, 0.15) is 6.54 Å². The van der Waals surface area contributed by atoms with Gasteiger partial charge in [-0.15, -0.1) is 0 Å². The van der Waals surface area contributed by atoms with Crippen LogP contribution < -0.4 is 5.32 Å². The molecule has 0 bridgehead atoms. The highest BCUT2D eigenvalue weighted by atomic mass is 16.4. The van der Waals surface area contributed by atoms with Crippen LogP contribution in [0.15, 0.2) is 24.3 Å². The van der Waals surface area contributed by atoms with E-state index in [1.54, 1.807) is 0 Å². The maximum Gasteiger partial charge on any atom is 0.322 e. The highest BCUT2D eigenvalue weighted by molar-refractivity contribution is 5.84. The van der Waals surface area contributed by atoms with Gasteiger partial charge in [0, 0.05) is 5.92 Å². The molecule has 0 saturated carbocycles. The van der Waals surface area contributed by atoms with E-state index in [1.165, 1.54) is 11.1 Å². The molecule has 1 aliphatic carbocycles. The standard InChI is InChI=1S/C12H13NO3/c14-11(15)7-13-12(16)10-5-8-3-1-2-4-9(8)6-10/h1-4,10H,5-7H2,(H,13,16)(H,14,15). The number of amides is 1. The molecule has 16 heavy (non-hydrogen) atoms. The van der Waals surface area contributed by atoms with Crippen molar-refractivity contribution < 1.29 is 14.7 Å². The molecule has 4 nitrogen and oxygen atoms in total. The van der Waals surface area contributed by atoms with E-state index in [9.17, 15) is 9.59 Å². The SMILES string of the molecule is O=C(O)CNC(=O)C1Cc2ccccc2C1. The summed E-state index contributed by atoms with van der Waals surface area (Å²) < 4.78 is 0. The third-order valence-corrected chi connectivity index (χ3v) is 2.84. The Balaban J connectivity index is 1.96. The first-order valence-electron chi connectivity index (χ1n) is 5.23. The minimum atomic E-state index is -1.01. The van der Waals surface area contributed by atoms with Crippen molar-refractivity contribution in [1.29, 1.82) is 0 Å². The van der Waals surface area contributed by atoms with Gasteiger partial charge in [0.15, 0.2) is 0 Å². The summed E-state index contributed by atoms with van der Waals surface area (Å²) in [7, 11) is 0. The first-order valence-corrected chi connectivity index (χ1v) is 5.23. The topological polar surface area (TPSA) is 66.4 Å².